The van der Waals surface area contributed by atoms with Crippen molar-refractivity contribution < 1.29 is 4.74 Å². The molecule has 1 aromatic heterocycles. The summed E-state index contributed by atoms with van der Waals surface area (Å²) in [6, 6.07) is 4.84. The Labute approximate surface area is 173 Å². The first-order valence-corrected chi connectivity index (χ1v) is 10.1. The van der Waals surface area contributed by atoms with Crippen molar-refractivity contribution in [2.24, 2.45) is 4.99 Å². The standard InChI is InChI=1S/C18H32N4OS.HI/c1-3-5-13-23-14-10-20-18(19-4-2)21-16-8-11-22(12-9-16)17-7-6-15-24-17;/h6-7,15-16H,3-5,8-14H2,1-2H3,(H2,19,20,21);1H. The van der Waals surface area contributed by atoms with Crippen molar-refractivity contribution in [3.63, 3.8) is 0 Å². The largest absolute Gasteiger partial charge is 0.380 e. The quantitative estimate of drug-likeness (QED) is 0.245. The van der Waals surface area contributed by atoms with Crippen molar-refractivity contribution in [1.29, 1.82) is 0 Å². The monoisotopic (exact) mass is 480 g/mol. The molecular weight excluding hydrogens is 447 g/mol. The van der Waals surface area contributed by atoms with Crippen LogP contribution in [0.15, 0.2) is 22.5 Å². The van der Waals surface area contributed by atoms with E-state index in [-0.39, 0.29) is 24.0 Å². The lowest BCUT2D eigenvalue weighted by atomic mass is 10.1. The molecule has 1 saturated heterocycles. The molecule has 0 saturated carbocycles. The van der Waals surface area contributed by atoms with Crippen LogP contribution in [0.25, 0.3) is 0 Å². The highest BCUT2D eigenvalue weighted by atomic mass is 127. The van der Waals surface area contributed by atoms with Crippen molar-refractivity contribution in [3.05, 3.63) is 17.5 Å². The molecule has 25 heavy (non-hydrogen) atoms. The van der Waals surface area contributed by atoms with Crippen LogP contribution >= 0.6 is 35.3 Å². The van der Waals surface area contributed by atoms with E-state index in [1.165, 1.54) is 11.4 Å². The van der Waals surface area contributed by atoms with E-state index in [9.17, 15) is 0 Å². The highest BCUT2D eigenvalue weighted by Gasteiger charge is 2.20. The fourth-order valence-electron chi connectivity index (χ4n) is 2.78. The summed E-state index contributed by atoms with van der Waals surface area (Å²) in [5, 5.41) is 10.5. The number of aliphatic imine (C=N–C) groups is 1. The maximum Gasteiger partial charge on any atom is 0.191 e. The summed E-state index contributed by atoms with van der Waals surface area (Å²) >= 11 is 1.83. The molecule has 1 aliphatic rings. The molecule has 2 N–H and O–H groups in total. The number of thiophene rings is 1. The minimum Gasteiger partial charge on any atom is -0.380 e. The van der Waals surface area contributed by atoms with Crippen LogP contribution in [0, 0.1) is 0 Å². The van der Waals surface area contributed by atoms with Crippen LogP contribution in [0.1, 0.15) is 39.5 Å². The number of hydrogen-bond acceptors (Lipinski definition) is 4. The van der Waals surface area contributed by atoms with Gasteiger partial charge in [-0.2, -0.15) is 0 Å². The van der Waals surface area contributed by atoms with E-state index in [4.69, 9.17) is 4.74 Å². The van der Waals surface area contributed by atoms with Gasteiger partial charge < -0.3 is 20.3 Å². The molecule has 2 heterocycles. The molecule has 7 heteroatoms. The van der Waals surface area contributed by atoms with Crippen LogP contribution in [-0.4, -0.2) is 51.4 Å². The van der Waals surface area contributed by atoms with E-state index in [2.05, 4.69) is 51.9 Å². The maximum absolute atomic E-state index is 5.58. The predicted molar refractivity (Wildman–Crippen MR) is 120 cm³/mol. The molecular formula is C18H33IN4OS. The summed E-state index contributed by atoms with van der Waals surface area (Å²) in [4.78, 5) is 7.11. The minimum absolute atomic E-state index is 0. The number of piperidine rings is 1. The third-order valence-corrected chi connectivity index (χ3v) is 5.07. The second-order valence-electron chi connectivity index (χ2n) is 6.08. The van der Waals surface area contributed by atoms with Crippen molar-refractivity contribution >= 4 is 46.3 Å². The minimum atomic E-state index is 0. The summed E-state index contributed by atoms with van der Waals surface area (Å²) in [5.74, 6) is 0.922. The fraction of sp³-hybridized carbons (Fsp3) is 0.722. The molecule has 0 unspecified atom stereocenters. The lowest BCUT2D eigenvalue weighted by Crippen LogP contribution is -2.48. The Morgan fingerprint density at radius 1 is 1.32 bits per heavy atom. The van der Waals surface area contributed by atoms with Gasteiger partial charge in [0.25, 0.3) is 0 Å². The topological polar surface area (TPSA) is 48.9 Å². The van der Waals surface area contributed by atoms with Gasteiger partial charge >= 0.3 is 0 Å². The highest BCUT2D eigenvalue weighted by Crippen LogP contribution is 2.24. The smallest absolute Gasteiger partial charge is 0.191 e. The summed E-state index contributed by atoms with van der Waals surface area (Å²) < 4.78 is 5.58. The van der Waals surface area contributed by atoms with E-state index in [0.29, 0.717) is 19.2 Å². The number of anilines is 1. The van der Waals surface area contributed by atoms with E-state index < -0.39 is 0 Å². The molecule has 0 amide bonds. The molecule has 0 spiro atoms. The van der Waals surface area contributed by atoms with Gasteiger partial charge in [-0.15, -0.1) is 35.3 Å². The SMILES string of the molecule is CCCCOCCN=C(NCC)NC1CCN(c2cccs2)CC1.I. The average Bonchev–Trinajstić information content (AvgIpc) is 3.13. The number of nitrogens with zero attached hydrogens (tertiary/aromatic N) is 2. The van der Waals surface area contributed by atoms with Gasteiger partial charge in [0.15, 0.2) is 5.96 Å². The van der Waals surface area contributed by atoms with Crippen LogP contribution in [0.2, 0.25) is 0 Å². The van der Waals surface area contributed by atoms with Crippen LogP contribution in [0.4, 0.5) is 5.00 Å². The average molecular weight is 480 g/mol. The van der Waals surface area contributed by atoms with Gasteiger partial charge in [0, 0.05) is 32.3 Å². The number of ether oxygens (including phenoxy) is 1. The zero-order chi connectivity index (χ0) is 17.0. The number of halogens is 1. The Morgan fingerprint density at radius 2 is 2.12 bits per heavy atom. The Balaban J connectivity index is 0.00000312. The Morgan fingerprint density at radius 3 is 2.76 bits per heavy atom. The van der Waals surface area contributed by atoms with Gasteiger partial charge in [-0.3, -0.25) is 4.99 Å². The number of guanidine groups is 1. The normalized spacial score (nSPS) is 15.8. The Bertz CT molecular complexity index is 462. The molecule has 2 rings (SSSR count). The number of rotatable bonds is 9. The first kappa shape index (κ1) is 22.5. The molecule has 5 nitrogen and oxygen atoms in total. The molecule has 1 aromatic rings. The number of nitrogens with one attached hydrogen (secondary N) is 2. The Hall–Kier alpha value is -0.540. The third-order valence-electron chi connectivity index (χ3n) is 4.15. The van der Waals surface area contributed by atoms with Crippen LogP contribution in [-0.2, 0) is 4.74 Å². The first-order valence-electron chi connectivity index (χ1n) is 9.24. The number of hydrogen-bond donors (Lipinski definition) is 2. The van der Waals surface area contributed by atoms with Gasteiger partial charge in [-0.1, -0.05) is 13.3 Å². The molecule has 0 aromatic carbocycles. The summed E-state index contributed by atoms with van der Waals surface area (Å²) in [6.07, 6.45) is 4.60. The van der Waals surface area contributed by atoms with Crippen molar-refractivity contribution in [3.8, 4) is 0 Å². The van der Waals surface area contributed by atoms with Crippen molar-refractivity contribution in [1.82, 2.24) is 10.6 Å². The van der Waals surface area contributed by atoms with Crippen molar-refractivity contribution in [2.45, 2.75) is 45.6 Å². The zero-order valence-electron chi connectivity index (χ0n) is 15.5. The lowest BCUT2D eigenvalue weighted by Gasteiger charge is -2.33. The molecule has 144 valence electrons. The highest BCUT2D eigenvalue weighted by molar-refractivity contribution is 14.0. The zero-order valence-corrected chi connectivity index (χ0v) is 18.6. The molecule has 0 aliphatic carbocycles. The van der Waals surface area contributed by atoms with E-state index in [1.54, 1.807) is 0 Å². The summed E-state index contributed by atoms with van der Waals surface area (Å²) in [7, 11) is 0. The molecule has 0 radical (unpaired) electrons. The van der Waals surface area contributed by atoms with E-state index in [0.717, 1.165) is 51.5 Å². The maximum atomic E-state index is 5.58. The fourth-order valence-corrected chi connectivity index (χ4v) is 3.56. The van der Waals surface area contributed by atoms with Gasteiger partial charge in [0.05, 0.1) is 18.2 Å². The molecule has 0 atom stereocenters. The second-order valence-corrected chi connectivity index (χ2v) is 7.01. The van der Waals surface area contributed by atoms with Gasteiger partial charge in [-0.05, 0) is 43.7 Å². The molecule has 1 fully saturated rings. The van der Waals surface area contributed by atoms with Gasteiger partial charge in [0.2, 0.25) is 0 Å². The predicted octanol–water partition coefficient (Wildman–Crippen LogP) is 3.71. The number of unbranched alkanes of at least 4 members (excludes halogenated alkanes) is 1. The molecule has 1 aliphatic heterocycles. The van der Waals surface area contributed by atoms with Gasteiger partial charge in [-0.25, -0.2) is 0 Å². The molecule has 0 bridgehead atoms. The Kier molecular flexibility index (Phi) is 12.3. The second kappa shape index (κ2) is 13.6. The third kappa shape index (κ3) is 8.59. The summed E-state index contributed by atoms with van der Waals surface area (Å²) in [5.41, 5.74) is 0. The van der Waals surface area contributed by atoms with E-state index in [1.807, 2.05) is 11.3 Å². The lowest BCUT2D eigenvalue weighted by molar-refractivity contribution is 0.138. The van der Waals surface area contributed by atoms with Crippen LogP contribution < -0.4 is 15.5 Å². The van der Waals surface area contributed by atoms with Crippen molar-refractivity contribution in [2.75, 3.05) is 44.3 Å². The van der Waals surface area contributed by atoms with E-state index >= 15 is 0 Å². The van der Waals surface area contributed by atoms with Crippen LogP contribution in [0.3, 0.4) is 0 Å². The first-order chi connectivity index (χ1) is 11.8. The summed E-state index contributed by atoms with van der Waals surface area (Å²) in [6.45, 7) is 9.65. The van der Waals surface area contributed by atoms with Gasteiger partial charge in [0.1, 0.15) is 0 Å². The van der Waals surface area contributed by atoms with Crippen LogP contribution in [0.5, 0.6) is 0 Å².